The summed E-state index contributed by atoms with van der Waals surface area (Å²) in [5.74, 6) is 1.04. The van der Waals surface area contributed by atoms with Crippen LogP contribution in [0.25, 0.3) is 6.08 Å². The average Bonchev–Trinajstić information content (AvgIpc) is 2.99. The summed E-state index contributed by atoms with van der Waals surface area (Å²) < 4.78 is 1.72. The number of carbonyl (C=O) groups excluding carboxylic acids is 1. The molecule has 4 rings (SSSR count). The van der Waals surface area contributed by atoms with Crippen molar-refractivity contribution in [1.29, 1.82) is 0 Å². The zero-order valence-corrected chi connectivity index (χ0v) is 18.1. The van der Waals surface area contributed by atoms with Crippen LogP contribution in [-0.4, -0.2) is 45.1 Å². The third-order valence-corrected chi connectivity index (χ3v) is 6.75. The van der Waals surface area contributed by atoms with Crippen LogP contribution in [0.5, 0.6) is 0 Å². The maximum atomic E-state index is 12.9. The van der Waals surface area contributed by atoms with Gasteiger partial charge in [0.25, 0.3) is 0 Å². The second-order valence-electron chi connectivity index (χ2n) is 8.54. The third-order valence-electron chi connectivity index (χ3n) is 6.75. The number of nitrogens with one attached hydrogen (secondary N) is 1. The molecular weight excluding hydrogens is 390 g/mol. The lowest BCUT2D eigenvalue weighted by molar-refractivity contribution is -0.132. The molecular formula is C24H31N5O2. The van der Waals surface area contributed by atoms with Gasteiger partial charge in [0.05, 0.1) is 5.69 Å². The van der Waals surface area contributed by atoms with Crippen molar-refractivity contribution in [3.05, 3.63) is 52.3 Å². The molecule has 2 aromatic heterocycles. The number of piperidine rings is 1. The van der Waals surface area contributed by atoms with Gasteiger partial charge in [0, 0.05) is 43.4 Å². The van der Waals surface area contributed by atoms with Crippen molar-refractivity contribution in [3.63, 3.8) is 0 Å². The molecule has 1 saturated heterocycles. The highest BCUT2D eigenvalue weighted by molar-refractivity contribution is 5.76. The van der Waals surface area contributed by atoms with Gasteiger partial charge in [-0.1, -0.05) is 19.1 Å². The first-order chi connectivity index (χ1) is 15.1. The number of imidazole rings is 1. The van der Waals surface area contributed by atoms with Gasteiger partial charge in [-0.15, -0.1) is 0 Å². The number of pyridine rings is 1. The van der Waals surface area contributed by atoms with Crippen LogP contribution in [0.3, 0.4) is 0 Å². The topological polar surface area (TPSA) is 83.4 Å². The van der Waals surface area contributed by atoms with Gasteiger partial charge >= 0.3 is 5.69 Å². The van der Waals surface area contributed by atoms with Crippen molar-refractivity contribution in [3.8, 4) is 0 Å². The Balaban J connectivity index is 1.35. The number of H-pyrrole nitrogens is 1. The van der Waals surface area contributed by atoms with Crippen LogP contribution >= 0.6 is 0 Å². The van der Waals surface area contributed by atoms with Crippen LogP contribution in [-0.2, 0) is 11.2 Å². The molecule has 1 fully saturated rings. The van der Waals surface area contributed by atoms with Crippen molar-refractivity contribution in [2.24, 2.45) is 4.99 Å². The molecule has 0 radical (unpaired) electrons. The van der Waals surface area contributed by atoms with Crippen LogP contribution in [0.15, 0.2) is 34.7 Å². The summed E-state index contributed by atoms with van der Waals surface area (Å²) in [5.41, 5.74) is 3.02. The summed E-state index contributed by atoms with van der Waals surface area (Å²) in [4.78, 5) is 38.5. The van der Waals surface area contributed by atoms with Crippen molar-refractivity contribution < 1.29 is 4.79 Å². The summed E-state index contributed by atoms with van der Waals surface area (Å²) in [6, 6.07) is 4.23. The SMILES string of the molecule is C=Cc1c(N=C)[nH]c(=O)n1C1CCN(C(=O)CC[C@@H]2CCCCc3cccnc32)CC1. The second kappa shape index (κ2) is 9.45. The Hall–Kier alpha value is -2.96. The molecule has 31 heavy (non-hydrogen) atoms. The Morgan fingerprint density at radius 3 is 2.84 bits per heavy atom. The Bertz CT molecular complexity index is 1010. The zero-order valence-electron chi connectivity index (χ0n) is 18.1. The molecule has 0 unspecified atom stereocenters. The van der Waals surface area contributed by atoms with E-state index in [4.69, 9.17) is 0 Å². The van der Waals surface area contributed by atoms with E-state index >= 15 is 0 Å². The lowest BCUT2D eigenvalue weighted by atomic mass is 9.92. The summed E-state index contributed by atoms with van der Waals surface area (Å²) in [6.45, 7) is 8.64. The summed E-state index contributed by atoms with van der Waals surface area (Å²) in [5, 5.41) is 0. The number of amides is 1. The second-order valence-corrected chi connectivity index (χ2v) is 8.54. The van der Waals surface area contributed by atoms with Crippen molar-refractivity contribution in [2.75, 3.05) is 13.1 Å². The van der Waals surface area contributed by atoms with E-state index in [-0.39, 0.29) is 17.6 Å². The fourth-order valence-corrected chi connectivity index (χ4v) is 5.11. The van der Waals surface area contributed by atoms with Crippen LogP contribution in [0.2, 0.25) is 0 Å². The molecule has 2 aromatic rings. The molecule has 0 spiro atoms. The number of nitrogens with zero attached hydrogens (tertiary/aromatic N) is 4. The lowest BCUT2D eigenvalue weighted by Crippen LogP contribution is -2.40. The maximum absolute atomic E-state index is 12.9. The number of likely N-dealkylation sites (tertiary alicyclic amines) is 1. The van der Waals surface area contributed by atoms with Crippen LogP contribution in [0.4, 0.5) is 5.82 Å². The monoisotopic (exact) mass is 421 g/mol. The number of aryl methyl sites for hydroxylation is 1. The number of fused-ring (bicyclic) bond motifs is 1. The zero-order chi connectivity index (χ0) is 21.8. The number of hydrogen-bond donors (Lipinski definition) is 1. The highest BCUT2D eigenvalue weighted by Crippen LogP contribution is 2.33. The first kappa shape index (κ1) is 21.3. The van der Waals surface area contributed by atoms with E-state index in [1.807, 2.05) is 17.2 Å². The number of aromatic nitrogens is 3. The molecule has 1 aliphatic carbocycles. The smallest absolute Gasteiger partial charge is 0.327 e. The van der Waals surface area contributed by atoms with E-state index in [2.05, 4.69) is 34.3 Å². The molecule has 0 saturated carbocycles. The maximum Gasteiger partial charge on any atom is 0.327 e. The van der Waals surface area contributed by atoms with Crippen molar-refractivity contribution in [1.82, 2.24) is 19.4 Å². The van der Waals surface area contributed by atoms with Gasteiger partial charge in [0.2, 0.25) is 5.91 Å². The van der Waals surface area contributed by atoms with E-state index in [1.54, 1.807) is 10.6 Å². The normalized spacial score (nSPS) is 19.5. The van der Waals surface area contributed by atoms with Crippen LogP contribution < -0.4 is 5.69 Å². The highest BCUT2D eigenvalue weighted by Gasteiger charge is 2.28. The highest BCUT2D eigenvalue weighted by atomic mass is 16.2. The van der Waals surface area contributed by atoms with Gasteiger partial charge in [-0.25, -0.2) is 9.79 Å². The van der Waals surface area contributed by atoms with E-state index in [0.717, 1.165) is 32.1 Å². The molecule has 7 nitrogen and oxygen atoms in total. The summed E-state index contributed by atoms with van der Waals surface area (Å²) >= 11 is 0. The number of aliphatic imine (C=N–C) groups is 1. The van der Waals surface area contributed by atoms with Gasteiger partial charge in [0.15, 0.2) is 5.82 Å². The number of rotatable bonds is 6. The minimum Gasteiger partial charge on any atom is -0.343 e. The first-order valence-electron chi connectivity index (χ1n) is 11.3. The molecule has 0 bridgehead atoms. The van der Waals surface area contributed by atoms with Gasteiger partial charge in [0.1, 0.15) is 0 Å². The molecule has 0 aromatic carbocycles. The number of aromatic amines is 1. The average molecular weight is 422 g/mol. The molecule has 7 heteroatoms. The van der Waals surface area contributed by atoms with Gasteiger partial charge < -0.3 is 4.90 Å². The van der Waals surface area contributed by atoms with Gasteiger partial charge in [-0.3, -0.25) is 19.3 Å². The predicted molar refractivity (Wildman–Crippen MR) is 123 cm³/mol. The molecule has 1 atom stereocenters. The quantitative estimate of drug-likeness (QED) is 0.565. The largest absolute Gasteiger partial charge is 0.343 e. The van der Waals surface area contributed by atoms with E-state index in [1.165, 1.54) is 24.1 Å². The summed E-state index contributed by atoms with van der Waals surface area (Å²) in [6.07, 6.45) is 11.0. The molecule has 1 amide bonds. The Morgan fingerprint density at radius 1 is 1.29 bits per heavy atom. The van der Waals surface area contributed by atoms with Gasteiger partial charge in [-0.05, 0) is 62.9 Å². The number of hydrogen-bond acceptors (Lipinski definition) is 4. The third kappa shape index (κ3) is 4.40. The first-order valence-corrected chi connectivity index (χ1v) is 11.3. The van der Waals surface area contributed by atoms with Crippen molar-refractivity contribution in [2.45, 2.75) is 63.3 Å². The molecule has 164 valence electrons. The molecule has 1 N–H and O–H groups in total. The Kier molecular flexibility index (Phi) is 6.49. The molecule has 3 heterocycles. The Morgan fingerprint density at radius 2 is 2.10 bits per heavy atom. The minimum atomic E-state index is -0.193. The molecule has 1 aliphatic heterocycles. The van der Waals surface area contributed by atoms with Crippen LogP contribution in [0.1, 0.15) is 73.9 Å². The van der Waals surface area contributed by atoms with Gasteiger partial charge in [-0.2, -0.15) is 0 Å². The number of carbonyl (C=O) groups is 1. The van der Waals surface area contributed by atoms with E-state index in [9.17, 15) is 9.59 Å². The van der Waals surface area contributed by atoms with E-state index in [0.29, 0.717) is 36.9 Å². The van der Waals surface area contributed by atoms with Crippen LogP contribution in [0, 0.1) is 0 Å². The lowest BCUT2D eigenvalue weighted by Gasteiger charge is -2.33. The van der Waals surface area contributed by atoms with E-state index < -0.39 is 0 Å². The minimum absolute atomic E-state index is 0.0363. The standard InChI is InChI=1S/C24H31N5O2/c1-3-20-23(25-2)27-24(31)29(20)19-12-15-28(16-13-19)21(30)11-10-18-8-5-4-7-17-9-6-14-26-22(17)18/h3,6,9,14,18-19H,1-2,4-5,7-8,10-13,15-16H2,(H,27,31)/t18-/m0/s1. The predicted octanol–water partition coefficient (Wildman–Crippen LogP) is 4.00. The molecule has 2 aliphatic rings. The fraction of sp³-hybridized carbons (Fsp3) is 0.500. The van der Waals surface area contributed by atoms with Crippen molar-refractivity contribution >= 4 is 24.5 Å². The summed E-state index contributed by atoms with van der Waals surface area (Å²) in [7, 11) is 0. The Labute approximate surface area is 182 Å². The fourth-order valence-electron chi connectivity index (χ4n) is 5.11.